The summed E-state index contributed by atoms with van der Waals surface area (Å²) in [6.45, 7) is 5.64. The minimum absolute atomic E-state index is 0.0458. The van der Waals surface area contributed by atoms with Gasteiger partial charge in [-0.15, -0.1) is 0 Å². The molecule has 4 nitrogen and oxygen atoms in total. The van der Waals surface area contributed by atoms with Gasteiger partial charge in [0.1, 0.15) is 11.5 Å². The van der Waals surface area contributed by atoms with Gasteiger partial charge in [-0.3, -0.25) is 9.59 Å². The molecule has 0 saturated carbocycles. The number of ketones is 2. The molecule has 7 aromatic carbocycles. The van der Waals surface area contributed by atoms with Gasteiger partial charge in [0.05, 0.1) is 13.2 Å². The summed E-state index contributed by atoms with van der Waals surface area (Å²) in [5.74, 6) is 1.70. The highest BCUT2D eigenvalue weighted by Crippen LogP contribution is 2.55. The van der Waals surface area contributed by atoms with E-state index in [0.717, 1.165) is 126 Å². The average molecular weight is 657 g/mol. The van der Waals surface area contributed by atoms with Crippen LogP contribution in [-0.2, 0) is 0 Å². The van der Waals surface area contributed by atoms with Crippen molar-refractivity contribution in [3.05, 3.63) is 107 Å². The van der Waals surface area contributed by atoms with Crippen molar-refractivity contribution in [3.8, 4) is 33.8 Å². The van der Waals surface area contributed by atoms with E-state index in [0.29, 0.717) is 24.3 Å². The summed E-state index contributed by atoms with van der Waals surface area (Å²) in [7, 11) is 0. The van der Waals surface area contributed by atoms with E-state index < -0.39 is 0 Å². The van der Waals surface area contributed by atoms with Crippen molar-refractivity contribution in [1.82, 2.24) is 0 Å². The summed E-state index contributed by atoms with van der Waals surface area (Å²) in [4.78, 5) is 28.2. The van der Waals surface area contributed by atoms with Crippen LogP contribution in [0.15, 0.2) is 84.9 Å². The highest BCUT2D eigenvalue weighted by atomic mass is 16.5. The van der Waals surface area contributed by atoms with Crippen molar-refractivity contribution >= 4 is 54.7 Å². The Hall–Kier alpha value is -5.22. The van der Waals surface area contributed by atoms with E-state index in [-0.39, 0.29) is 11.6 Å². The summed E-state index contributed by atoms with van der Waals surface area (Å²) < 4.78 is 13.7. The second kappa shape index (κ2) is 12.3. The highest BCUT2D eigenvalue weighted by molar-refractivity contribution is 6.43. The number of ether oxygens (including phenoxy) is 2. The lowest BCUT2D eigenvalue weighted by Gasteiger charge is -2.28. The zero-order valence-corrected chi connectivity index (χ0v) is 28.8. The quantitative estimate of drug-likeness (QED) is 0.0746. The van der Waals surface area contributed by atoms with Crippen molar-refractivity contribution in [2.75, 3.05) is 13.2 Å². The Morgan fingerprint density at radius 3 is 1.24 bits per heavy atom. The first-order valence-corrected chi connectivity index (χ1v) is 18.4. The van der Waals surface area contributed by atoms with Crippen LogP contribution in [0.5, 0.6) is 11.5 Å². The summed E-state index contributed by atoms with van der Waals surface area (Å²) in [6.07, 6.45) is 8.81. The molecule has 0 amide bonds. The summed E-state index contributed by atoms with van der Waals surface area (Å²) in [5, 5.41) is 8.03. The average Bonchev–Trinajstić information content (AvgIpc) is 3.15. The molecule has 0 saturated heterocycles. The molecule has 0 spiro atoms. The van der Waals surface area contributed by atoms with E-state index in [2.05, 4.69) is 50.2 Å². The lowest BCUT2D eigenvalue weighted by molar-refractivity contribution is 0.103. The van der Waals surface area contributed by atoms with Crippen molar-refractivity contribution in [1.29, 1.82) is 0 Å². The fourth-order valence-electron chi connectivity index (χ4n) is 8.60. The predicted molar refractivity (Wildman–Crippen MR) is 205 cm³/mol. The number of hydrogen-bond donors (Lipinski definition) is 0. The van der Waals surface area contributed by atoms with Gasteiger partial charge in [0.2, 0.25) is 0 Å². The first kappa shape index (κ1) is 30.8. The lowest BCUT2D eigenvalue weighted by atomic mass is 9.76. The normalized spacial score (nSPS) is 13.1. The predicted octanol–water partition coefficient (Wildman–Crippen LogP) is 12.1. The summed E-state index contributed by atoms with van der Waals surface area (Å²) in [5.41, 5.74) is 6.81. The number of carbonyl (C=O) groups excluding carboxylic acids is 2. The molecule has 2 aliphatic rings. The fraction of sp³-hybridized carbons (Fsp3) is 0.261. The largest absolute Gasteiger partial charge is 0.493 e. The molecule has 0 aliphatic heterocycles. The molecule has 0 aromatic heterocycles. The van der Waals surface area contributed by atoms with Gasteiger partial charge < -0.3 is 9.47 Å². The Morgan fingerprint density at radius 1 is 0.400 bits per heavy atom. The van der Waals surface area contributed by atoms with Crippen molar-refractivity contribution in [2.45, 2.75) is 65.2 Å². The van der Waals surface area contributed by atoms with Gasteiger partial charge in [-0.25, -0.2) is 0 Å². The highest BCUT2D eigenvalue weighted by Gasteiger charge is 2.33. The molecular formula is C46H40O4. The van der Waals surface area contributed by atoms with Crippen molar-refractivity contribution in [3.63, 3.8) is 0 Å². The molecule has 50 heavy (non-hydrogen) atoms. The van der Waals surface area contributed by atoms with Crippen molar-refractivity contribution < 1.29 is 19.1 Å². The van der Waals surface area contributed by atoms with E-state index in [1.807, 2.05) is 48.5 Å². The smallest absolute Gasteiger partial charge is 0.194 e. The first-order valence-electron chi connectivity index (χ1n) is 18.4. The molecule has 0 N–H and O–H groups in total. The van der Waals surface area contributed by atoms with Crippen LogP contribution >= 0.6 is 0 Å². The molecule has 248 valence electrons. The maximum atomic E-state index is 14.1. The van der Waals surface area contributed by atoms with Gasteiger partial charge in [-0.05, 0) is 70.1 Å². The number of benzene rings is 7. The molecule has 0 radical (unpaired) electrons. The van der Waals surface area contributed by atoms with Crippen molar-refractivity contribution in [2.24, 2.45) is 0 Å². The Kier molecular flexibility index (Phi) is 7.57. The number of unbranched alkanes of at least 4 members (excludes halogenated alkanes) is 6. The Morgan fingerprint density at radius 2 is 0.820 bits per heavy atom. The topological polar surface area (TPSA) is 52.6 Å². The fourth-order valence-corrected chi connectivity index (χ4v) is 8.60. The van der Waals surface area contributed by atoms with E-state index >= 15 is 0 Å². The molecular weight excluding hydrogens is 617 g/mol. The lowest BCUT2D eigenvalue weighted by Crippen LogP contribution is -2.12. The molecule has 0 bridgehead atoms. The summed E-state index contributed by atoms with van der Waals surface area (Å²) in [6, 6.07) is 28.4. The van der Waals surface area contributed by atoms with E-state index in [9.17, 15) is 9.59 Å². The Labute approximate surface area is 292 Å². The van der Waals surface area contributed by atoms with E-state index in [4.69, 9.17) is 9.47 Å². The number of hydrogen-bond acceptors (Lipinski definition) is 4. The monoisotopic (exact) mass is 656 g/mol. The van der Waals surface area contributed by atoms with E-state index in [1.54, 1.807) is 0 Å². The van der Waals surface area contributed by atoms with Crippen LogP contribution in [0.3, 0.4) is 0 Å². The van der Waals surface area contributed by atoms with Gasteiger partial charge in [0, 0.05) is 54.6 Å². The van der Waals surface area contributed by atoms with Gasteiger partial charge in [-0.2, -0.15) is 0 Å². The van der Waals surface area contributed by atoms with Crippen LogP contribution in [-0.4, -0.2) is 24.8 Å². The zero-order valence-electron chi connectivity index (χ0n) is 28.8. The van der Waals surface area contributed by atoms with Crippen LogP contribution in [0.25, 0.3) is 65.3 Å². The molecule has 0 unspecified atom stereocenters. The third-order valence-corrected chi connectivity index (χ3v) is 11.0. The van der Waals surface area contributed by atoms with E-state index in [1.165, 1.54) is 12.8 Å². The maximum Gasteiger partial charge on any atom is 0.194 e. The van der Waals surface area contributed by atoms with Crippen LogP contribution in [0.1, 0.15) is 97.1 Å². The SMILES string of the molecule is CCCCCCOc1cc2c3c(ccc4c5ccc6c7c(cc(OCCCCCC)c(c1c34)c75)-c1ccccc1C6=O)C(=O)c1ccccc1-2. The number of fused-ring (bicyclic) bond motifs is 6. The Balaban J connectivity index is 1.42. The second-order valence-corrected chi connectivity index (χ2v) is 14.0. The van der Waals surface area contributed by atoms with Crippen LogP contribution < -0.4 is 9.47 Å². The molecule has 9 rings (SSSR count). The van der Waals surface area contributed by atoms with Crippen LogP contribution in [0.4, 0.5) is 0 Å². The third kappa shape index (κ3) is 4.50. The van der Waals surface area contributed by atoms with Gasteiger partial charge in [0.25, 0.3) is 0 Å². The molecule has 2 aliphatic carbocycles. The maximum absolute atomic E-state index is 14.1. The molecule has 4 heteroatoms. The minimum atomic E-state index is 0.0458. The summed E-state index contributed by atoms with van der Waals surface area (Å²) >= 11 is 0. The van der Waals surface area contributed by atoms with Crippen LogP contribution in [0, 0.1) is 0 Å². The second-order valence-electron chi connectivity index (χ2n) is 14.0. The standard InChI is InChI=1S/C46H40O4/c1-3-5-7-13-23-49-37-25-35-27-15-9-11-17-31(27)45(47)33-21-19-29-30-20-22-34-40-36(28-16-10-12-18-32(28)46(34)48)26-38(50-24-14-8-6-4-2)44(42(30)40)43(37)41(29)39(33)35/h9-12,15-22,25-26H,3-8,13-14,23-24H2,1-2H3. The molecule has 0 fully saturated rings. The Bertz CT molecular complexity index is 2330. The van der Waals surface area contributed by atoms with Crippen LogP contribution in [0.2, 0.25) is 0 Å². The molecule has 0 heterocycles. The first-order chi connectivity index (χ1) is 24.6. The third-order valence-electron chi connectivity index (χ3n) is 11.0. The van der Waals surface area contributed by atoms with Gasteiger partial charge >= 0.3 is 0 Å². The van der Waals surface area contributed by atoms with Gasteiger partial charge in [0.15, 0.2) is 11.6 Å². The molecule has 7 aromatic rings. The number of rotatable bonds is 12. The number of carbonyl (C=O) groups is 2. The molecule has 0 atom stereocenters. The van der Waals surface area contributed by atoms with Gasteiger partial charge in [-0.1, -0.05) is 113 Å². The minimum Gasteiger partial charge on any atom is -0.493 e. The zero-order chi connectivity index (χ0) is 33.9.